The molecule has 0 unspecified atom stereocenters. The molecule has 0 aliphatic heterocycles. The first-order valence-electron chi connectivity index (χ1n) is 5.76. The highest BCUT2D eigenvalue weighted by atomic mass is 127. The highest BCUT2D eigenvalue weighted by Crippen LogP contribution is 2.36. The van der Waals surface area contributed by atoms with Gasteiger partial charge < -0.3 is 5.11 Å². The second-order valence-electron chi connectivity index (χ2n) is 4.57. The highest BCUT2D eigenvalue weighted by Gasteiger charge is 2.22. The maximum atomic E-state index is 13.4. The summed E-state index contributed by atoms with van der Waals surface area (Å²) in [5.41, 5.74) is 1.12. The summed E-state index contributed by atoms with van der Waals surface area (Å²) in [4.78, 5) is 0. The summed E-state index contributed by atoms with van der Waals surface area (Å²) in [5.74, 6) is 0.835. The quantitative estimate of drug-likeness (QED) is 0.818. The number of rotatable bonds is 2. The molecule has 1 aliphatic rings. The molecular formula is C13H16FIO. The number of aliphatic hydroxyl groups is 1. The summed E-state index contributed by atoms with van der Waals surface area (Å²) in [6, 6.07) is 5.56. The van der Waals surface area contributed by atoms with Crippen molar-refractivity contribution in [2.75, 3.05) is 6.61 Å². The molecule has 1 aliphatic carbocycles. The monoisotopic (exact) mass is 334 g/mol. The molecule has 2 rings (SSSR count). The number of hydrogen-bond acceptors (Lipinski definition) is 1. The Hall–Kier alpha value is -0.160. The van der Waals surface area contributed by atoms with Crippen molar-refractivity contribution in [1.29, 1.82) is 0 Å². The largest absolute Gasteiger partial charge is 0.396 e. The second-order valence-corrected chi connectivity index (χ2v) is 5.74. The van der Waals surface area contributed by atoms with E-state index in [0.29, 0.717) is 22.0 Å². The molecule has 1 nitrogen and oxygen atoms in total. The average molecular weight is 334 g/mol. The van der Waals surface area contributed by atoms with Gasteiger partial charge in [-0.25, -0.2) is 4.39 Å². The van der Waals surface area contributed by atoms with E-state index in [0.717, 1.165) is 31.2 Å². The van der Waals surface area contributed by atoms with Gasteiger partial charge in [0.15, 0.2) is 0 Å². The van der Waals surface area contributed by atoms with Crippen LogP contribution in [0.3, 0.4) is 0 Å². The summed E-state index contributed by atoms with van der Waals surface area (Å²) in [5, 5.41) is 9.07. The van der Waals surface area contributed by atoms with E-state index in [4.69, 9.17) is 5.11 Å². The van der Waals surface area contributed by atoms with Crippen LogP contribution in [0.5, 0.6) is 0 Å². The van der Waals surface area contributed by atoms with Gasteiger partial charge in [-0.1, -0.05) is 6.07 Å². The molecule has 16 heavy (non-hydrogen) atoms. The Morgan fingerprint density at radius 1 is 1.25 bits per heavy atom. The smallest absolute Gasteiger partial charge is 0.136 e. The Labute approximate surface area is 109 Å². The van der Waals surface area contributed by atoms with E-state index in [9.17, 15) is 4.39 Å². The van der Waals surface area contributed by atoms with Gasteiger partial charge in [-0.2, -0.15) is 0 Å². The molecule has 0 heterocycles. The summed E-state index contributed by atoms with van der Waals surface area (Å²) >= 11 is 2.01. The molecule has 1 aromatic rings. The van der Waals surface area contributed by atoms with E-state index in [1.54, 1.807) is 6.07 Å². The zero-order valence-electron chi connectivity index (χ0n) is 9.13. The van der Waals surface area contributed by atoms with Crippen molar-refractivity contribution in [2.24, 2.45) is 5.92 Å². The van der Waals surface area contributed by atoms with Gasteiger partial charge >= 0.3 is 0 Å². The normalized spacial score (nSPS) is 25.7. The minimum absolute atomic E-state index is 0.109. The van der Waals surface area contributed by atoms with Crippen LogP contribution in [0.1, 0.15) is 37.2 Å². The third-order valence-electron chi connectivity index (χ3n) is 3.52. The van der Waals surface area contributed by atoms with Gasteiger partial charge in [-0.15, -0.1) is 0 Å². The van der Waals surface area contributed by atoms with Gasteiger partial charge in [-0.3, -0.25) is 0 Å². The molecule has 1 fully saturated rings. The van der Waals surface area contributed by atoms with Crippen LogP contribution in [-0.4, -0.2) is 11.7 Å². The fraction of sp³-hybridized carbons (Fsp3) is 0.538. The lowest BCUT2D eigenvalue weighted by molar-refractivity contribution is 0.182. The zero-order chi connectivity index (χ0) is 11.5. The summed E-state index contributed by atoms with van der Waals surface area (Å²) in [6.45, 7) is 0.299. The second kappa shape index (κ2) is 5.45. The maximum absolute atomic E-state index is 13.4. The molecule has 0 aromatic heterocycles. The predicted molar refractivity (Wildman–Crippen MR) is 70.9 cm³/mol. The molecular weight excluding hydrogens is 318 g/mol. The van der Waals surface area contributed by atoms with Gasteiger partial charge in [0.2, 0.25) is 0 Å². The van der Waals surface area contributed by atoms with E-state index in [1.807, 2.05) is 34.7 Å². The van der Waals surface area contributed by atoms with Crippen LogP contribution in [0.25, 0.3) is 0 Å². The number of hydrogen-bond donors (Lipinski definition) is 1. The van der Waals surface area contributed by atoms with E-state index in [2.05, 4.69) is 0 Å². The topological polar surface area (TPSA) is 20.2 Å². The molecule has 0 radical (unpaired) electrons. The molecule has 0 bridgehead atoms. The standard InChI is InChI=1S/C13H16FIO/c14-12-7-11(5-6-13(12)15)10-3-1-9(8-16)2-4-10/h5-7,9-10,16H,1-4,8H2. The van der Waals surface area contributed by atoms with Crippen LogP contribution in [0, 0.1) is 15.3 Å². The lowest BCUT2D eigenvalue weighted by Crippen LogP contribution is -2.16. The van der Waals surface area contributed by atoms with Gasteiger partial charge in [0.1, 0.15) is 5.82 Å². The minimum atomic E-state index is -0.109. The highest BCUT2D eigenvalue weighted by molar-refractivity contribution is 14.1. The van der Waals surface area contributed by atoms with Crippen molar-refractivity contribution in [3.05, 3.63) is 33.1 Å². The molecule has 0 atom stereocenters. The third kappa shape index (κ3) is 2.74. The average Bonchev–Trinajstić information content (AvgIpc) is 2.33. The number of halogens is 2. The number of benzene rings is 1. The molecule has 0 amide bonds. The summed E-state index contributed by atoms with van der Waals surface area (Å²) < 4.78 is 14.1. The Balaban J connectivity index is 2.05. The van der Waals surface area contributed by atoms with Crippen LogP contribution in [0.15, 0.2) is 18.2 Å². The van der Waals surface area contributed by atoms with Gasteiger partial charge in [0, 0.05) is 10.2 Å². The fourth-order valence-corrected chi connectivity index (χ4v) is 2.78. The van der Waals surface area contributed by atoms with Gasteiger partial charge in [0.05, 0.1) is 0 Å². The molecule has 1 N–H and O–H groups in total. The molecule has 88 valence electrons. The Kier molecular flexibility index (Phi) is 4.19. The van der Waals surface area contributed by atoms with Crippen LogP contribution in [0.2, 0.25) is 0 Å². The summed E-state index contributed by atoms with van der Waals surface area (Å²) in [6.07, 6.45) is 4.28. The Bertz CT molecular complexity index is 359. The molecule has 1 saturated carbocycles. The number of aliphatic hydroxyl groups excluding tert-OH is 1. The minimum Gasteiger partial charge on any atom is -0.396 e. The van der Waals surface area contributed by atoms with Gasteiger partial charge in [-0.05, 0) is 77.8 Å². The van der Waals surface area contributed by atoms with Crippen molar-refractivity contribution in [3.63, 3.8) is 0 Å². The predicted octanol–water partition coefficient (Wildman–Crippen LogP) is 3.70. The van der Waals surface area contributed by atoms with Crippen molar-refractivity contribution in [3.8, 4) is 0 Å². The first-order valence-corrected chi connectivity index (χ1v) is 6.84. The van der Waals surface area contributed by atoms with Crippen molar-refractivity contribution in [1.82, 2.24) is 0 Å². The van der Waals surface area contributed by atoms with Crippen molar-refractivity contribution >= 4 is 22.6 Å². The zero-order valence-corrected chi connectivity index (χ0v) is 11.3. The Morgan fingerprint density at radius 3 is 2.50 bits per heavy atom. The molecule has 1 aromatic carbocycles. The van der Waals surface area contributed by atoms with Crippen LogP contribution in [0.4, 0.5) is 4.39 Å². The fourth-order valence-electron chi connectivity index (χ4n) is 2.44. The molecule has 3 heteroatoms. The first-order chi connectivity index (χ1) is 7.70. The van der Waals surface area contributed by atoms with Crippen LogP contribution >= 0.6 is 22.6 Å². The Morgan fingerprint density at radius 2 is 1.94 bits per heavy atom. The lowest BCUT2D eigenvalue weighted by Gasteiger charge is -2.27. The van der Waals surface area contributed by atoms with Crippen LogP contribution in [-0.2, 0) is 0 Å². The maximum Gasteiger partial charge on any atom is 0.136 e. The van der Waals surface area contributed by atoms with Crippen LogP contribution < -0.4 is 0 Å². The molecule has 0 saturated heterocycles. The van der Waals surface area contributed by atoms with E-state index < -0.39 is 0 Å². The van der Waals surface area contributed by atoms with Gasteiger partial charge in [0.25, 0.3) is 0 Å². The third-order valence-corrected chi connectivity index (χ3v) is 4.39. The summed E-state index contributed by atoms with van der Waals surface area (Å²) in [7, 11) is 0. The lowest BCUT2D eigenvalue weighted by atomic mass is 9.79. The van der Waals surface area contributed by atoms with E-state index in [1.165, 1.54) is 0 Å². The van der Waals surface area contributed by atoms with E-state index in [-0.39, 0.29) is 5.82 Å². The van der Waals surface area contributed by atoms with Crippen molar-refractivity contribution < 1.29 is 9.50 Å². The first kappa shape index (κ1) is 12.3. The van der Waals surface area contributed by atoms with Crippen molar-refractivity contribution in [2.45, 2.75) is 31.6 Å². The molecule has 0 spiro atoms. The SMILES string of the molecule is OCC1CCC(c2ccc(I)c(F)c2)CC1. The van der Waals surface area contributed by atoms with E-state index >= 15 is 0 Å².